The van der Waals surface area contributed by atoms with Gasteiger partial charge in [-0.15, -0.1) is 11.3 Å². The topological polar surface area (TPSA) is 37.3 Å². The van der Waals surface area contributed by atoms with E-state index in [0.717, 1.165) is 16.0 Å². The van der Waals surface area contributed by atoms with E-state index in [-0.39, 0.29) is 17.5 Å². The van der Waals surface area contributed by atoms with Gasteiger partial charge in [-0.25, -0.2) is 0 Å². The van der Waals surface area contributed by atoms with Crippen LogP contribution < -0.4 is 0 Å². The Labute approximate surface area is 180 Å². The van der Waals surface area contributed by atoms with E-state index in [2.05, 4.69) is 31.2 Å². The molecule has 3 aromatic carbocycles. The molecule has 1 N–H and O–H groups in total. The predicted molar refractivity (Wildman–Crippen MR) is 123 cm³/mol. The number of thiophene rings is 1. The minimum atomic E-state index is -0.975. The molecular weight excluding hydrogens is 388 g/mol. The summed E-state index contributed by atoms with van der Waals surface area (Å²) in [5.74, 6) is -0.0944. The Bertz CT molecular complexity index is 1280. The number of hydrogen-bond acceptors (Lipinski definition) is 3. The van der Waals surface area contributed by atoms with Crippen LogP contribution in [0.3, 0.4) is 0 Å². The van der Waals surface area contributed by atoms with Crippen LogP contribution in [-0.2, 0) is 10.2 Å². The van der Waals surface area contributed by atoms with Crippen LogP contribution in [0.2, 0.25) is 0 Å². The maximum absolute atomic E-state index is 13.5. The number of hydrogen-bond donors (Lipinski definition) is 1. The van der Waals surface area contributed by atoms with E-state index in [0.29, 0.717) is 5.57 Å². The van der Waals surface area contributed by atoms with Crippen LogP contribution in [0.25, 0.3) is 10.1 Å². The molecule has 2 nitrogen and oxygen atoms in total. The van der Waals surface area contributed by atoms with Crippen molar-refractivity contribution in [1.82, 2.24) is 0 Å². The third kappa shape index (κ3) is 2.73. The minimum Gasteiger partial charge on any atom is -0.510 e. The van der Waals surface area contributed by atoms with Gasteiger partial charge in [0.25, 0.3) is 0 Å². The largest absolute Gasteiger partial charge is 0.510 e. The fourth-order valence-electron chi connectivity index (χ4n) is 4.42. The second-order valence-electron chi connectivity index (χ2n) is 8.12. The van der Waals surface area contributed by atoms with Crippen molar-refractivity contribution in [2.24, 2.45) is 0 Å². The molecule has 3 heteroatoms. The molecule has 5 rings (SSSR count). The molecule has 2 atom stereocenters. The van der Waals surface area contributed by atoms with Gasteiger partial charge in [0.05, 0.1) is 5.92 Å². The van der Waals surface area contributed by atoms with Crippen LogP contribution >= 0.6 is 11.3 Å². The Morgan fingerprint density at radius 3 is 2.23 bits per heavy atom. The quantitative estimate of drug-likeness (QED) is 0.407. The Balaban J connectivity index is 1.69. The standard InChI is InChI=1S/C27H22O2S/c1-17-13-14-19-16-22(30-21(19)15-17)23(18-9-5-3-6-10-18)24-25(28)27(2,26(24)29)20-11-7-4-8-12-20/h3-16,23,28H,1-2H3. The van der Waals surface area contributed by atoms with E-state index in [4.69, 9.17) is 0 Å². The number of aliphatic hydroxyl groups is 1. The highest BCUT2D eigenvalue weighted by atomic mass is 32.1. The lowest BCUT2D eigenvalue weighted by molar-refractivity contribution is -0.123. The maximum Gasteiger partial charge on any atom is 0.181 e. The van der Waals surface area contributed by atoms with Gasteiger partial charge in [-0.1, -0.05) is 72.8 Å². The van der Waals surface area contributed by atoms with Crippen molar-refractivity contribution < 1.29 is 9.90 Å². The molecule has 0 saturated carbocycles. The lowest BCUT2D eigenvalue weighted by atomic mass is 9.61. The Hall–Kier alpha value is -3.17. The number of fused-ring (bicyclic) bond motifs is 1. The van der Waals surface area contributed by atoms with Crippen LogP contribution in [0.1, 0.15) is 34.4 Å². The molecule has 1 aliphatic carbocycles. The summed E-state index contributed by atoms with van der Waals surface area (Å²) < 4.78 is 1.20. The van der Waals surface area contributed by atoms with Crippen LogP contribution in [0.15, 0.2) is 96.3 Å². The van der Waals surface area contributed by atoms with Crippen LogP contribution in [-0.4, -0.2) is 10.9 Å². The van der Waals surface area contributed by atoms with Crippen LogP contribution in [0.4, 0.5) is 0 Å². The van der Waals surface area contributed by atoms with E-state index in [1.807, 2.05) is 67.6 Å². The Morgan fingerprint density at radius 2 is 1.57 bits per heavy atom. The summed E-state index contributed by atoms with van der Waals surface area (Å²) in [5.41, 5.74) is 2.60. The summed E-state index contributed by atoms with van der Waals surface area (Å²) >= 11 is 1.69. The van der Waals surface area contributed by atoms with Crippen molar-refractivity contribution in [3.05, 3.63) is 118 Å². The van der Waals surface area contributed by atoms with Gasteiger partial charge < -0.3 is 5.11 Å². The predicted octanol–water partition coefficient (Wildman–Crippen LogP) is 6.69. The van der Waals surface area contributed by atoms with Crippen LogP contribution in [0, 0.1) is 6.92 Å². The number of allylic oxidation sites excluding steroid dienone is 2. The van der Waals surface area contributed by atoms with Gasteiger partial charge in [0.15, 0.2) is 5.78 Å². The summed E-state index contributed by atoms with van der Waals surface area (Å²) in [6.45, 7) is 3.91. The number of ketones is 1. The summed E-state index contributed by atoms with van der Waals surface area (Å²) in [6, 6.07) is 28.1. The van der Waals surface area contributed by atoms with E-state index in [9.17, 15) is 9.90 Å². The van der Waals surface area contributed by atoms with Gasteiger partial charge in [0.2, 0.25) is 0 Å². The van der Waals surface area contributed by atoms with Crippen molar-refractivity contribution in [2.45, 2.75) is 25.2 Å². The first-order valence-corrected chi connectivity index (χ1v) is 10.9. The van der Waals surface area contributed by atoms with E-state index >= 15 is 0 Å². The monoisotopic (exact) mass is 410 g/mol. The van der Waals surface area contributed by atoms with E-state index in [1.54, 1.807) is 11.3 Å². The lowest BCUT2D eigenvalue weighted by Gasteiger charge is -2.41. The molecule has 1 aliphatic rings. The molecular formula is C27H22O2S. The second kappa shape index (κ2) is 6.96. The zero-order chi connectivity index (χ0) is 20.9. The number of carbonyl (C=O) groups excluding carboxylic acids is 1. The molecule has 148 valence electrons. The average molecular weight is 411 g/mol. The zero-order valence-electron chi connectivity index (χ0n) is 16.9. The third-order valence-corrected chi connectivity index (χ3v) is 7.34. The molecule has 0 radical (unpaired) electrons. The van der Waals surface area contributed by atoms with Crippen molar-refractivity contribution in [2.75, 3.05) is 0 Å². The van der Waals surface area contributed by atoms with Crippen molar-refractivity contribution >= 4 is 27.2 Å². The van der Waals surface area contributed by atoms with Gasteiger partial charge in [-0.3, -0.25) is 4.79 Å². The molecule has 0 aliphatic heterocycles. The molecule has 0 saturated heterocycles. The molecule has 0 bridgehead atoms. The fraction of sp³-hybridized carbons (Fsp3) is 0.148. The zero-order valence-corrected chi connectivity index (χ0v) is 17.7. The first-order valence-electron chi connectivity index (χ1n) is 10.1. The van der Waals surface area contributed by atoms with Crippen molar-refractivity contribution in [3.8, 4) is 0 Å². The van der Waals surface area contributed by atoms with Gasteiger partial charge >= 0.3 is 0 Å². The Morgan fingerprint density at radius 1 is 0.900 bits per heavy atom. The molecule has 0 amide bonds. The molecule has 4 aromatic rings. The van der Waals surface area contributed by atoms with Gasteiger partial charge in [0.1, 0.15) is 11.2 Å². The van der Waals surface area contributed by atoms with Gasteiger partial charge in [-0.05, 0) is 48.1 Å². The summed E-state index contributed by atoms with van der Waals surface area (Å²) in [7, 11) is 0. The first-order chi connectivity index (χ1) is 14.5. The molecule has 30 heavy (non-hydrogen) atoms. The van der Waals surface area contributed by atoms with Crippen molar-refractivity contribution in [1.29, 1.82) is 0 Å². The smallest absolute Gasteiger partial charge is 0.181 e. The highest BCUT2D eigenvalue weighted by Gasteiger charge is 2.54. The highest BCUT2D eigenvalue weighted by Crippen LogP contribution is 2.52. The third-order valence-electron chi connectivity index (χ3n) is 6.18. The first kappa shape index (κ1) is 18.8. The summed E-state index contributed by atoms with van der Waals surface area (Å²) in [6.07, 6.45) is 0. The Kier molecular flexibility index (Phi) is 4.37. The van der Waals surface area contributed by atoms with Gasteiger partial charge in [-0.2, -0.15) is 0 Å². The van der Waals surface area contributed by atoms with Crippen molar-refractivity contribution in [3.63, 3.8) is 0 Å². The summed E-state index contributed by atoms with van der Waals surface area (Å²) in [4.78, 5) is 14.6. The number of aryl methyl sites for hydroxylation is 1. The maximum atomic E-state index is 13.5. The molecule has 2 unspecified atom stereocenters. The highest BCUT2D eigenvalue weighted by molar-refractivity contribution is 7.19. The van der Waals surface area contributed by atoms with E-state index < -0.39 is 5.41 Å². The SMILES string of the molecule is Cc1ccc2cc(C(C3=C(O)C(C)(c4ccccc4)C3=O)c3ccccc3)sc2c1. The summed E-state index contributed by atoms with van der Waals surface area (Å²) in [5, 5.41) is 12.4. The molecule has 0 fully saturated rings. The molecule has 0 spiro atoms. The lowest BCUT2D eigenvalue weighted by Crippen LogP contribution is -2.47. The number of Topliss-reactive ketones (excluding diaryl/α,β-unsaturated/α-hetero) is 1. The van der Waals surface area contributed by atoms with Crippen LogP contribution in [0.5, 0.6) is 0 Å². The molecule has 1 aromatic heterocycles. The number of rotatable bonds is 4. The minimum absolute atomic E-state index is 0.00584. The number of aliphatic hydroxyl groups excluding tert-OH is 1. The van der Waals surface area contributed by atoms with E-state index in [1.165, 1.54) is 15.6 Å². The van der Waals surface area contributed by atoms with Gasteiger partial charge in [0, 0.05) is 15.2 Å². The average Bonchev–Trinajstić information content (AvgIpc) is 3.20. The number of carbonyl (C=O) groups is 1. The fourth-order valence-corrected chi connectivity index (χ4v) is 5.72. The second-order valence-corrected chi connectivity index (χ2v) is 9.23. The normalized spacial score (nSPS) is 19.7. The molecule has 1 heterocycles. The number of benzene rings is 3.